The first kappa shape index (κ1) is 20.4. The molecule has 27 heavy (non-hydrogen) atoms. The predicted octanol–water partition coefficient (Wildman–Crippen LogP) is 3.99. The van der Waals surface area contributed by atoms with Crippen molar-refractivity contribution < 1.29 is 14.3 Å². The first-order valence-electron chi connectivity index (χ1n) is 9.39. The first-order chi connectivity index (χ1) is 13.1. The van der Waals surface area contributed by atoms with Crippen molar-refractivity contribution in [2.75, 3.05) is 25.0 Å². The summed E-state index contributed by atoms with van der Waals surface area (Å²) in [5.74, 6) is 0.136. The molecule has 2 aromatic rings. The van der Waals surface area contributed by atoms with Crippen LogP contribution in [0.4, 0.5) is 5.69 Å². The first-order valence-corrected chi connectivity index (χ1v) is 9.39. The number of nitrogens with one attached hydrogen (secondary N) is 1. The Labute approximate surface area is 160 Å². The SMILES string of the molecule is CCCN(CCC)C(=O)c1ccnc(C(=O)Nc2ccccc2OCC)c1. The fourth-order valence-electron chi connectivity index (χ4n) is 2.76. The lowest BCUT2D eigenvalue weighted by atomic mass is 10.1. The van der Waals surface area contributed by atoms with Gasteiger partial charge in [0, 0.05) is 24.8 Å². The summed E-state index contributed by atoms with van der Waals surface area (Å²) in [6.07, 6.45) is 3.27. The summed E-state index contributed by atoms with van der Waals surface area (Å²) in [4.78, 5) is 31.3. The number of nitrogens with zero attached hydrogens (tertiary/aromatic N) is 2. The molecule has 0 atom stereocenters. The van der Waals surface area contributed by atoms with E-state index in [-0.39, 0.29) is 17.5 Å². The van der Waals surface area contributed by atoms with Gasteiger partial charge < -0.3 is 15.0 Å². The van der Waals surface area contributed by atoms with E-state index in [1.165, 1.54) is 6.20 Å². The number of aromatic nitrogens is 1. The van der Waals surface area contributed by atoms with Crippen LogP contribution in [0.3, 0.4) is 0 Å². The van der Waals surface area contributed by atoms with Crippen molar-refractivity contribution in [2.24, 2.45) is 0 Å². The molecule has 2 amide bonds. The Morgan fingerprint density at radius 2 is 1.78 bits per heavy atom. The van der Waals surface area contributed by atoms with Crippen LogP contribution in [-0.2, 0) is 0 Å². The van der Waals surface area contributed by atoms with E-state index in [2.05, 4.69) is 10.3 Å². The zero-order valence-electron chi connectivity index (χ0n) is 16.2. The molecular weight excluding hydrogens is 342 g/mol. The summed E-state index contributed by atoms with van der Waals surface area (Å²) in [6, 6.07) is 10.4. The highest BCUT2D eigenvalue weighted by molar-refractivity contribution is 6.05. The number of anilines is 1. The number of pyridine rings is 1. The smallest absolute Gasteiger partial charge is 0.274 e. The highest BCUT2D eigenvalue weighted by Crippen LogP contribution is 2.24. The van der Waals surface area contributed by atoms with Gasteiger partial charge in [0.1, 0.15) is 11.4 Å². The van der Waals surface area contributed by atoms with Crippen LogP contribution in [0.15, 0.2) is 42.6 Å². The molecular formula is C21H27N3O3. The van der Waals surface area contributed by atoms with Crippen molar-refractivity contribution in [3.63, 3.8) is 0 Å². The zero-order valence-corrected chi connectivity index (χ0v) is 16.2. The number of hydrogen-bond donors (Lipinski definition) is 1. The van der Waals surface area contributed by atoms with E-state index in [9.17, 15) is 9.59 Å². The maximum absolute atomic E-state index is 12.7. The molecule has 0 radical (unpaired) electrons. The second-order valence-corrected chi connectivity index (χ2v) is 6.11. The lowest BCUT2D eigenvalue weighted by Crippen LogP contribution is -2.32. The van der Waals surface area contributed by atoms with E-state index in [0.717, 1.165) is 12.8 Å². The van der Waals surface area contributed by atoms with Gasteiger partial charge in [-0.1, -0.05) is 26.0 Å². The van der Waals surface area contributed by atoms with Gasteiger partial charge in [0.05, 0.1) is 12.3 Å². The van der Waals surface area contributed by atoms with Gasteiger partial charge in [-0.2, -0.15) is 0 Å². The van der Waals surface area contributed by atoms with Crippen LogP contribution in [0.5, 0.6) is 5.75 Å². The van der Waals surface area contributed by atoms with Crippen LogP contribution in [0, 0.1) is 0 Å². The second-order valence-electron chi connectivity index (χ2n) is 6.11. The Hall–Kier alpha value is -2.89. The zero-order chi connectivity index (χ0) is 19.6. The molecule has 6 nitrogen and oxygen atoms in total. The van der Waals surface area contributed by atoms with Crippen molar-refractivity contribution in [3.8, 4) is 5.75 Å². The van der Waals surface area contributed by atoms with Crippen LogP contribution in [-0.4, -0.2) is 41.4 Å². The summed E-state index contributed by atoms with van der Waals surface area (Å²) in [5.41, 5.74) is 1.23. The molecule has 0 spiro atoms. The molecule has 6 heteroatoms. The van der Waals surface area contributed by atoms with Crippen molar-refractivity contribution in [2.45, 2.75) is 33.6 Å². The molecule has 0 unspecified atom stereocenters. The molecule has 0 aliphatic rings. The second kappa shape index (κ2) is 10.3. The fraction of sp³-hybridized carbons (Fsp3) is 0.381. The van der Waals surface area contributed by atoms with Crippen molar-refractivity contribution in [1.82, 2.24) is 9.88 Å². The van der Waals surface area contributed by atoms with E-state index < -0.39 is 0 Å². The highest BCUT2D eigenvalue weighted by Gasteiger charge is 2.17. The molecule has 144 valence electrons. The normalized spacial score (nSPS) is 10.3. The number of rotatable bonds is 9. The van der Waals surface area contributed by atoms with Crippen LogP contribution in [0.1, 0.15) is 54.5 Å². The van der Waals surface area contributed by atoms with Crippen LogP contribution in [0.25, 0.3) is 0 Å². The number of benzene rings is 1. The van der Waals surface area contributed by atoms with Crippen molar-refractivity contribution >= 4 is 17.5 Å². The van der Waals surface area contributed by atoms with Crippen LogP contribution in [0.2, 0.25) is 0 Å². The van der Waals surface area contributed by atoms with Gasteiger partial charge >= 0.3 is 0 Å². The van der Waals surface area contributed by atoms with Crippen molar-refractivity contribution in [3.05, 3.63) is 53.9 Å². The minimum absolute atomic E-state index is 0.0788. The van der Waals surface area contributed by atoms with E-state index in [1.807, 2.05) is 32.9 Å². The number of hydrogen-bond acceptors (Lipinski definition) is 4. The van der Waals surface area contributed by atoms with Crippen LogP contribution < -0.4 is 10.1 Å². The summed E-state index contributed by atoms with van der Waals surface area (Å²) >= 11 is 0. The molecule has 0 bridgehead atoms. The standard InChI is InChI=1S/C21H27N3O3/c1-4-13-24(14-5-2)21(26)16-11-12-22-18(15-16)20(25)23-17-9-7-8-10-19(17)27-6-3/h7-12,15H,4-6,13-14H2,1-3H3,(H,23,25). The van der Waals surface area contributed by atoms with E-state index in [4.69, 9.17) is 4.74 Å². The number of carbonyl (C=O) groups excluding carboxylic acids is 2. The molecule has 0 fully saturated rings. The lowest BCUT2D eigenvalue weighted by Gasteiger charge is -2.21. The van der Waals surface area contributed by atoms with Gasteiger partial charge in [0.15, 0.2) is 0 Å². The maximum atomic E-state index is 12.7. The Morgan fingerprint density at radius 3 is 2.44 bits per heavy atom. The lowest BCUT2D eigenvalue weighted by molar-refractivity contribution is 0.0755. The number of carbonyl (C=O) groups is 2. The Morgan fingerprint density at radius 1 is 1.07 bits per heavy atom. The molecule has 0 saturated carbocycles. The highest BCUT2D eigenvalue weighted by atomic mass is 16.5. The summed E-state index contributed by atoms with van der Waals surface area (Å²) < 4.78 is 5.53. The van der Waals surface area contributed by atoms with Gasteiger partial charge in [0.25, 0.3) is 11.8 Å². The third kappa shape index (κ3) is 5.54. The number of amides is 2. The van der Waals surface area contributed by atoms with E-state index in [1.54, 1.807) is 29.2 Å². The summed E-state index contributed by atoms with van der Waals surface area (Å²) in [7, 11) is 0. The topological polar surface area (TPSA) is 71.5 Å². The Balaban J connectivity index is 2.19. The number of para-hydroxylation sites is 2. The predicted molar refractivity (Wildman–Crippen MR) is 106 cm³/mol. The van der Waals surface area contributed by atoms with Gasteiger partial charge in [0.2, 0.25) is 0 Å². The van der Waals surface area contributed by atoms with E-state index >= 15 is 0 Å². The van der Waals surface area contributed by atoms with Gasteiger partial charge in [-0.3, -0.25) is 14.6 Å². The average Bonchev–Trinajstić information content (AvgIpc) is 2.69. The average molecular weight is 369 g/mol. The van der Waals surface area contributed by atoms with Crippen LogP contribution >= 0.6 is 0 Å². The van der Waals surface area contributed by atoms with Crippen molar-refractivity contribution in [1.29, 1.82) is 0 Å². The summed E-state index contributed by atoms with van der Waals surface area (Å²) in [6.45, 7) is 7.85. The molecule has 0 aliphatic carbocycles. The Bertz CT molecular complexity index is 771. The molecule has 0 aliphatic heterocycles. The molecule has 1 N–H and O–H groups in total. The third-order valence-corrected chi connectivity index (χ3v) is 3.95. The quantitative estimate of drug-likeness (QED) is 0.725. The van der Waals surface area contributed by atoms with E-state index in [0.29, 0.717) is 36.7 Å². The molecule has 2 rings (SSSR count). The molecule has 1 aromatic carbocycles. The summed E-state index contributed by atoms with van der Waals surface area (Å²) in [5, 5.41) is 2.81. The van der Waals surface area contributed by atoms with Gasteiger partial charge in [-0.25, -0.2) is 0 Å². The maximum Gasteiger partial charge on any atom is 0.274 e. The molecule has 1 aromatic heterocycles. The fourth-order valence-corrected chi connectivity index (χ4v) is 2.76. The third-order valence-electron chi connectivity index (χ3n) is 3.95. The molecule has 1 heterocycles. The minimum Gasteiger partial charge on any atom is -0.492 e. The number of ether oxygens (including phenoxy) is 1. The minimum atomic E-state index is -0.380. The molecule has 0 saturated heterocycles. The van der Waals surface area contributed by atoms with Gasteiger partial charge in [-0.15, -0.1) is 0 Å². The largest absolute Gasteiger partial charge is 0.492 e. The monoisotopic (exact) mass is 369 g/mol. The Kier molecular flexibility index (Phi) is 7.79. The van der Waals surface area contributed by atoms with Gasteiger partial charge in [-0.05, 0) is 44.0 Å².